The molecule has 7 rings (SSSR count). The molecule has 1 aromatic carbocycles. The molecule has 3 aromatic heterocycles. The first kappa shape index (κ1) is 35.6. The van der Waals surface area contributed by atoms with Crippen LogP contribution in [0.5, 0.6) is 5.75 Å². The second kappa shape index (κ2) is 14.3. The Morgan fingerprint density at radius 1 is 1.15 bits per heavy atom. The van der Waals surface area contributed by atoms with Gasteiger partial charge in [-0.2, -0.15) is 22.7 Å². The molecular formula is C35H36ClF3N8O5. The monoisotopic (exact) mass is 740 g/mol. The van der Waals surface area contributed by atoms with Gasteiger partial charge in [0.1, 0.15) is 12.9 Å². The van der Waals surface area contributed by atoms with E-state index < -0.39 is 23.2 Å². The van der Waals surface area contributed by atoms with E-state index in [0.29, 0.717) is 62.7 Å². The van der Waals surface area contributed by atoms with E-state index in [4.69, 9.17) is 16.3 Å². The molecule has 13 nitrogen and oxygen atoms in total. The number of aryl methyl sites for hydroxylation is 2. The number of rotatable bonds is 8. The highest BCUT2D eigenvalue weighted by molar-refractivity contribution is 6.33. The Hall–Kier alpha value is -4.83. The fourth-order valence-electron chi connectivity index (χ4n) is 7.70. The molecule has 2 N–H and O–H groups in total. The summed E-state index contributed by atoms with van der Waals surface area (Å²) in [5, 5.41) is 17.3. The van der Waals surface area contributed by atoms with E-state index in [-0.39, 0.29) is 58.3 Å². The fraction of sp³-hybridized carbons (Fsp3) is 0.457. The van der Waals surface area contributed by atoms with Crippen LogP contribution in [0.2, 0.25) is 5.02 Å². The van der Waals surface area contributed by atoms with Crippen molar-refractivity contribution in [3.8, 4) is 5.75 Å². The van der Waals surface area contributed by atoms with E-state index in [2.05, 4.69) is 25.4 Å². The van der Waals surface area contributed by atoms with Crippen LogP contribution in [0.25, 0.3) is 11.4 Å². The largest absolute Gasteiger partial charge is 0.504 e. The summed E-state index contributed by atoms with van der Waals surface area (Å²) < 4.78 is 47.8. The average molecular weight is 741 g/mol. The first-order valence-corrected chi connectivity index (χ1v) is 17.5. The fourth-order valence-corrected chi connectivity index (χ4v) is 7.93. The number of piperidine rings is 1. The van der Waals surface area contributed by atoms with Gasteiger partial charge in [-0.1, -0.05) is 24.1 Å². The lowest BCUT2D eigenvalue weighted by atomic mass is 9.78. The maximum atomic E-state index is 13.6. The number of aromatic nitrogens is 6. The summed E-state index contributed by atoms with van der Waals surface area (Å²) in [5.74, 6) is -0.235. The van der Waals surface area contributed by atoms with Crippen molar-refractivity contribution >= 4 is 40.5 Å². The molecule has 3 atom stereocenters. The van der Waals surface area contributed by atoms with E-state index in [1.165, 1.54) is 12.4 Å². The van der Waals surface area contributed by atoms with Crippen molar-refractivity contribution in [2.45, 2.75) is 70.6 Å². The molecule has 5 heterocycles. The smallest absolute Gasteiger partial charge is 0.416 e. The molecule has 0 bridgehead atoms. The van der Waals surface area contributed by atoms with Gasteiger partial charge in [0.05, 0.1) is 35.2 Å². The van der Waals surface area contributed by atoms with Gasteiger partial charge < -0.3 is 24.6 Å². The number of nitrogens with one attached hydrogen (secondary N) is 1. The van der Waals surface area contributed by atoms with Crippen molar-refractivity contribution < 1.29 is 32.6 Å². The summed E-state index contributed by atoms with van der Waals surface area (Å²) in [5.41, 5.74) is 0.321. The van der Waals surface area contributed by atoms with Gasteiger partial charge in [-0.05, 0) is 81.1 Å². The van der Waals surface area contributed by atoms with E-state index in [9.17, 15) is 32.7 Å². The number of hydrogen-bond acceptors (Lipinski definition) is 9. The van der Waals surface area contributed by atoms with Crippen molar-refractivity contribution in [3.63, 3.8) is 0 Å². The number of nitrogens with zero attached hydrogens (tertiary/aromatic N) is 7. The molecule has 2 aliphatic heterocycles. The molecule has 1 aliphatic carbocycles. The molecule has 1 saturated heterocycles. The van der Waals surface area contributed by atoms with E-state index in [1.807, 2.05) is 11.0 Å². The highest BCUT2D eigenvalue weighted by Crippen LogP contribution is 2.43. The third kappa shape index (κ3) is 7.00. The van der Waals surface area contributed by atoms with Crippen LogP contribution in [0.3, 0.4) is 0 Å². The van der Waals surface area contributed by atoms with E-state index >= 15 is 0 Å². The summed E-state index contributed by atoms with van der Waals surface area (Å²) in [6.45, 7) is 2.62. The van der Waals surface area contributed by atoms with E-state index in [1.54, 1.807) is 11.5 Å². The van der Waals surface area contributed by atoms with Crippen molar-refractivity contribution in [1.29, 1.82) is 0 Å². The Morgan fingerprint density at radius 2 is 1.98 bits per heavy atom. The first-order valence-electron chi connectivity index (χ1n) is 17.1. The molecule has 274 valence electrons. The van der Waals surface area contributed by atoms with Crippen LogP contribution in [0.4, 0.5) is 18.9 Å². The van der Waals surface area contributed by atoms with Crippen molar-refractivity contribution in [1.82, 2.24) is 34.0 Å². The van der Waals surface area contributed by atoms with Gasteiger partial charge in [-0.3, -0.25) is 14.4 Å². The standard InChI is InChI=1S/C35H36ClF3N8O5/c1-19-31(50)30(41-18-40-19)33(51)45-12-9-20(24-3-2-4-27(24)45)5-7-23-16-29(49)47-34(43-32(44-47)21-10-13-52-14-11-21)46(23)17-28(48)42-26-8-6-22(15-25(26)36)35(37,38)39/h6,8,10,15-16,18,20,24,27,50H,2-5,7,9,11-14,17H2,1H3,(H,42,48). The van der Waals surface area contributed by atoms with Gasteiger partial charge in [0, 0.05) is 24.3 Å². The first-order chi connectivity index (χ1) is 24.9. The number of fused-ring (bicyclic) bond motifs is 2. The minimum atomic E-state index is -4.60. The quantitative estimate of drug-likeness (QED) is 0.252. The Balaban J connectivity index is 1.15. The zero-order valence-corrected chi connectivity index (χ0v) is 29.0. The zero-order valence-electron chi connectivity index (χ0n) is 28.2. The third-order valence-corrected chi connectivity index (χ3v) is 10.6. The number of amides is 2. The normalized spacial score (nSPS) is 20.5. The number of anilines is 1. The maximum absolute atomic E-state index is 13.6. The summed E-state index contributed by atoms with van der Waals surface area (Å²) in [6.07, 6.45) is 3.51. The van der Waals surface area contributed by atoms with E-state index in [0.717, 1.165) is 47.6 Å². The van der Waals surface area contributed by atoms with Crippen molar-refractivity contribution in [2.24, 2.45) is 11.8 Å². The molecule has 2 amide bonds. The number of alkyl halides is 3. The van der Waals surface area contributed by atoms with Gasteiger partial charge in [-0.25, -0.2) is 9.97 Å². The Morgan fingerprint density at radius 3 is 2.73 bits per heavy atom. The Bertz CT molecular complexity index is 2130. The number of aromatic hydroxyl groups is 1. The van der Waals surface area contributed by atoms with Gasteiger partial charge in [-0.15, -0.1) is 5.10 Å². The predicted molar refractivity (Wildman–Crippen MR) is 183 cm³/mol. The molecule has 2 fully saturated rings. The third-order valence-electron chi connectivity index (χ3n) is 10.3. The van der Waals surface area contributed by atoms with Crippen LogP contribution in [0.1, 0.15) is 71.8 Å². The second-order valence-electron chi connectivity index (χ2n) is 13.4. The number of carbonyl (C=O) groups excluding carboxylic acids is 2. The van der Waals surface area contributed by atoms with Crippen LogP contribution >= 0.6 is 11.6 Å². The lowest BCUT2D eigenvalue weighted by Gasteiger charge is -2.42. The maximum Gasteiger partial charge on any atom is 0.416 e. The summed E-state index contributed by atoms with van der Waals surface area (Å²) >= 11 is 6.13. The van der Waals surface area contributed by atoms with Crippen LogP contribution in [0.15, 0.2) is 41.5 Å². The molecule has 52 heavy (non-hydrogen) atoms. The number of benzene rings is 1. The van der Waals surface area contributed by atoms with Gasteiger partial charge >= 0.3 is 6.18 Å². The highest BCUT2D eigenvalue weighted by atomic mass is 35.5. The molecule has 0 spiro atoms. The molecule has 4 aromatic rings. The molecule has 17 heteroatoms. The minimum absolute atomic E-state index is 0.00558. The SMILES string of the molecule is Cc1ncnc(C(=O)N2CCC(CCc3cc(=O)n4nc(C5=CCOCC5)nc4n3CC(=O)Nc3ccc(C(F)(F)F)cc3Cl)C3CCCC32)c1O. The Kier molecular flexibility index (Phi) is 9.78. The number of hydrogen-bond donors (Lipinski definition) is 2. The molecule has 3 aliphatic rings. The second-order valence-corrected chi connectivity index (χ2v) is 13.8. The van der Waals surface area contributed by atoms with Crippen LogP contribution < -0.4 is 10.9 Å². The van der Waals surface area contributed by atoms with Gasteiger partial charge in [0.15, 0.2) is 17.3 Å². The zero-order chi connectivity index (χ0) is 36.7. The lowest BCUT2D eigenvalue weighted by Crippen LogP contribution is -2.49. The summed E-state index contributed by atoms with van der Waals surface area (Å²) in [7, 11) is 0. The van der Waals surface area contributed by atoms with Gasteiger partial charge in [0.2, 0.25) is 11.7 Å². The highest BCUT2D eigenvalue weighted by Gasteiger charge is 2.43. The Labute approximate surface area is 300 Å². The molecule has 0 radical (unpaired) electrons. The number of likely N-dealkylation sites (tertiary alicyclic amines) is 1. The van der Waals surface area contributed by atoms with Crippen LogP contribution in [-0.4, -0.2) is 76.8 Å². The van der Waals surface area contributed by atoms with Crippen molar-refractivity contribution in [3.05, 3.63) is 80.5 Å². The lowest BCUT2D eigenvalue weighted by molar-refractivity contribution is -0.137. The van der Waals surface area contributed by atoms with Crippen molar-refractivity contribution in [2.75, 3.05) is 25.1 Å². The minimum Gasteiger partial charge on any atom is -0.504 e. The average Bonchev–Trinajstić information content (AvgIpc) is 3.80. The topological polar surface area (TPSA) is 157 Å². The van der Waals surface area contributed by atoms with Crippen LogP contribution in [0, 0.1) is 18.8 Å². The van der Waals surface area contributed by atoms with Crippen LogP contribution in [-0.2, 0) is 28.7 Å². The predicted octanol–water partition coefficient (Wildman–Crippen LogP) is 5.07. The summed E-state index contributed by atoms with van der Waals surface area (Å²) in [4.78, 5) is 55.0. The van der Waals surface area contributed by atoms with Gasteiger partial charge in [0.25, 0.3) is 11.5 Å². The molecule has 1 saturated carbocycles. The molecular weight excluding hydrogens is 705 g/mol. The number of ether oxygens (including phenoxy) is 1. The summed E-state index contributed by atoms with van der Waals surface area (Å²) in [6, 6.07) is 4.09. The number of carbonyl (C=O) groups is 2. The molecule has 3 unspecified atom stereocenters. The number of halogens is 4.